The lowest BCUT2D eigenvalue weighted by Gasteiger charge is -2.15. The largest absolute Gasteiger partial charge is 0.489 e. The standard InChI is InChI=1S/C18H21N3O.HI/c1-21-12-11-19-18(21)20-13-15-7-9-16(10-8-15)14-22-17-5-3-2-4-6-17;/h2-10H,11-14H2,1H3,(H,19,20);1H. The first-order chi connectivity index (χ1) is 10.8. The maximum absolute atomic E-state index is 5.75. The van der Waals surface area contributed by atoms with Crippen LogP contribution in [0.5, 0.6) is 5.75 Å². The Balaban J connectivity index is 0.00000192. The van der Waals surface area contributed by atoms with Crippen LogP contribution in [0, 0.1) is 0 Å². The summed E-state index contributed by atoms with van der Waals surface area (Å²) < 4.78 is 5.75. The monoisotopic (exact) mass is 423 g/mol. The quantitative estimate of drug-likeness (QED) is 0.751. The van der Waals surface area contributed by atoms with E-state index < -0.39 is 0 Å². The van der Waals surface area contributed by atoms with Gasteiger partial charge in [0.15, 0.2) is 5.96 Å². The topological polar surface area (TPSA) is 36.9 Å². The summed E-state index contributed by atoms with van der Waals surface area (Å²) >= 11 is 0. The highest BCUT2D eigenvalue weighted by molar-refractivity contribution is 14.0. The second-order valence-corrected chi connectivity index (χ2v) is 5.40. The third-order valence-corrected chi connectivity index (χ3v) is 3.68. The molecule has 0 saturated heterocycles. The fourth-order valence-electron chi connectivity index (χ4n) is 2.34. The summed E-state index contributed by atoms with van der Waals surface area (Å²) in [4.78, 5) is 6.56. The summed E-state index contributed by atoms with van der Waals surface area (Å²) in [5.74, 6) is 1.88. The van der Waals surface area contributed by atoms with Crippen LogP contribution in [0.2, 0.25) is 0 Å². The number of para-hydroxylation sites is 1. The van der Waals surface area contributed by atoms with Crippen molar-refractivity contribution in [2.45, 2.75) is 13.2 Å². The van der Waals surface area contributed by atoms with E-state index in [1.807, 2.05) is 30.3 Å². The molecule has 23 heavy (non-hydrogen) atoms. The van der Waals surface area contributed by atoms with Crippen LogP contribution in [0.4, 0.5) is 0 Å². The Kier molecular flexibility index (Phi) is 6.70. The molecule has 3 rings (SSSR count). The number of nitrogens with one attached hydrogen (secondary N) is 1. The Morgan fingerprint density at radius 3 is 2.39 bits per heavy atom. The number of benzene rings is 2. The van der Waals surface area contributed by atoms with Crippen LogP contribution in [-0.4, -0.2) is 31.0 Å². The van der Waals surface area contributed by atoms with Crippen LogP contribution in [-0.2, 0) is 13.2 Å². The maximum atomic E-state index is 5.75. The van der Waals surface area contributed by atoms with Gasteiger partial charge in [0.05, 0.1) is 6.54 Å². The number of aliphatic imine (C=N–C) groups is 1. The van der Waals surface area contributed by atoms with Crippen molar-refractivity contribution < 1.29 is 4.74 Å². The highest BCUT2D eigenvalue weighted by atomic mass is 127. The molecule has 0 atom stereocenters. The van der Waals surface area contributed by atoms with Gasteiger partial charge in [0, 0.05) is 20.1 Å². The molecule has 2 aromatic rings. The summed E-state index contributed by atoms with van der Waals surface area (Å²) in [6.07, 6.45) is 0. The van der Waals surface area contributed by atoms with Crippen LogP contribution < -0.4 is 10.1 Å². The number of rotatable bonds is 5. The van der Waals surface area contributed by atoms with E-state index in [4.69, 9.17) is 4.74 Å². The van der Waals surface area contributed by atoms with Crippen molar-refractivity contribution in [1.82, 2.24) is 10.2 Å². The number of halogens is 1. The summed E-state index contributed by atoms with van der Waals surface area (Å²) in [5.41, 5.74) is 2.41. The lowest BCUT2D eigenvalue weighted by Crippen LogP contribution is -2.35. The van der Waals surface area contributed by atoms with Crippen molar-refractivity contribution in [3.8, 4) is 5.75 Å². The van der Waals surface area contributed by atoms with Crippen molar-refractivity contribution in [2.24, 2.45) is 4.99 Å². The van der Waals surface area contributed by atoms with E-state index in [0.717, 1.165) is 31.3 Å². The van der Waals surface area contributed by atoms with Crippen LogP contribution in [0.3, 0.4) is 0 Å². The van der Waals surface area contributed by atoms with Gasteiger partial charge < -0.3 is 15.0 Å². The number of hydrogen-bond acceptors (Lipinski definition) is 4. The number of hydrogen-bond donors (Lipinski definition) is 1. The third-order valence-electron chi connectivity index (χ3n) is 3.68. The van der Waals surface area contributed by atoms with Gasteiger partial charge in [-0.2, -0.15) is 0 Å². The molecule has 122 valence electrons. The van der Waals surface area contributed by atoms with Crippen LogP contribution in [0.15, 0.2) is 59.6 Å². The maximum Gasteiger partial charge on any atom is 0.194 e. The molecular formula is C18H22IN3O. The summed E-state index contributed by atoms with van der Waals surface area (Å²) in [6.45, 7) is 3.27. The first kappa shape index (κ1) is 17.6. The van der Waals surface area contributed by atoms with Gasteiger partial charge in [0.1, 0.15) is 12.4 Å². The highest BCUT2D eigenvalue weighted by Crippen LogP contribution is 2.12. The van der Waals surface area contributed by atoms with E-state index in [9.17, 15) is 0 Å². The van der Waals surface area contributed by atoms with Crippen molar-refractivity contribution in [3.05, 3.63) is 65.7 Å². The van der Waals surface area contributed by atoms with Gasteiger partial charge in [0.25, 0.3) is 0 Å². The third kappa shape index (κ3) is 5.13. The fourth-order valence-corrected chi connectivity index (χ4v) is 2.34. The van der Waals surface area contributed by atoms with E-state index in [0.29, 0.717) is 6.61 Å². The van der Waals surface area contributed by atoms with Gasteiger partial charge in [-0.25, -0.2) is 0 Å². The number of likely N-dealkylation sites (N-methyl/N-ethyl adjacent to an activating group) is 1. The average molecular weight is 423 g/mol. The van der Waals surface area contributed by atoms with E-state index in [2.05, 4.69) is 46.5 Å². The van der Waals surface area contributed by atoms with E-state index in [1.54, 1.807) is 0 Å². The van der Waals surface area contributed by atoms with Crippen molar-refractivity contribution >= 4 is 29.9 Å². The van der Waals surface area contributed by atoms with Gasteiger partial charge in [0.2, 0.25) is 0 Å². The van der Waals surface area contributed by atoms with Crippen molar-refractivity contribution in [2.75, 3.05) is 20.1 Å². The first-order valence-corrected chi connectivity index (χ1v) is 7.56. The second kappa shape index (κ2) is 8.76. The Bertz CT molecular complexity index is 628. The molecule has 0 unspecified atom stereocenters. The SMILES string of the molecule is CN1CCN=C1NCc1ccc(COc2ccccc2)cc1.I. The second-order valence-electron chi connectivity index (χ2n) is 5.40. The molecule has 0 spiro atoms. The lowest BCUT2D eigenvalue weighted by atomic mass is 10.1. The Morgan fingerprint density at radius 2 is 1.74 bits per heavy atom. The van der Waals surface area contributed by atoms with Gasteiger partial charge in [-0.15, -0.1) is 24.0 Å². The van der Waals surface area contributed by atoms with E-state index >= 15 is 0 Å². The average Bonchev–Trinajstić information content (AvgIpc) is 2.98. The molecule has 0 aromatic heterocycles. The Hall–Kier alpha value is -1.76. The molecule has 2 aromatic carbocycles. The Morgan fingerprint density at radius 1 is 1.04 bits per heavy atom. The molecule has 0 radical (unpaired) electrons. The predicted molar refractivity (Wildman–Crippen MR) is 104 cm³/mol. The molecule has 5 heteroatoms. The Labute approximate surface area is 154 Å². The molecule has 1 aliphatic heterocycles. The van der Waals surface area contributed by atoms with E-state index in [1.165, 1.54) is 11.1 Å². The van der Waals surface area contributed by atoms with E-state index in [-0.39, 0.29) is 24.0 Å². The normalized spacial score (nSPS) is 13.3. The molecule has 0 amide bonds. The zero-order chi connectivity index (χ0) is 15.2. The molecule has 1 aliphatic rings. The predicted octanol–water partition coefficient (Wildman–Crippen LogP) is 3.27. The number of guanidine groups is 1. The van der Waals surface area contributed by atoms with Gasteiger partial charge in [-0.05, 0) is 23.3 Å². The molecule has 1 heterocycles. The van der Waals surface area contributed by atoms with Crippen LogP contribution in [0.1, 0.15) is 11.1 Å². The fraction of sp³-hybridized carbons (Fsp3) is 0.278. The molecule has 0 aliphatic carbocycles. The minimum absolute atomic E-state index is 0. The minimum atomic E-state index is 0. The zero-order valence-corrected chi connectivity index (χ0v) is 15.6. The van der Waals surface area contributed by atoms with Crippen LogP contribution in [0.25, 0.3) is 0 Å². The number of ether oxygens (including phenoxy) is 1. The zero-order valence-electron chi connectivity index (χ0n) is 13.2. The van der Waals surface area contributed by atoms with Gasteiger partial charge in [-0.3, -0.25) is 4.99 Å². The summed E-state index contributed by atoms with van der Waals surface area (Å²) in [5, 5.41) is 3.37. The lowest BCUT2D eigenvalue weighted by molar-refractivity contribution is 0.306. The molecule has 0 bridgehead atoms. The molecule has 0 saturated carbocycles. The smallest absolute Gasteiger partial charge is 0.194 e. The number of nitrogens with zero attached hydrogens (tertiary/aromatic N) is 2. The molecular weight excluding hydrogens is 401 g/mol. The van der Waals surface area contributed by atoms with Gasteiger partial charge in [-0.1, -0.05) is 42.5 Å². The molecule has 0 fully saturated rings. The summed E-state index contributed by atoms with van der Waals surface area (Å²) in [6, 6.07) is 18.4. The highest BCUT2D eigenvalue weighted by Gasteiger charge is 2.11. The van der Waals surface area contributed by atoms with Gasteiger partial charge >= 0.3 is 0 Å². The van der Waals surface area contributed by atoms with Crippen molar-refractivity contribution in [1.29, 1.82) is 0 Å². The molecule has 1 N–H and O–H groups in total. The van der Waals surface area contributed by atoms with Crippen LogP contribution >= 0.6 is 24.0 Å². The minimum Gasteiger partial charge on any atom is -0.489 e. The van der Waals surface area contributed by atoms with Crippen molar-refractivity contribution in [3.63, 3.8) is 0 Å². The summed E-state index contributed by atoms with van der Waals surface area (Å²) in [7, 11) is 2.06. The molecule has 4 nitrogen and oxygen atoms in total. The first-order valence-electron chi connectivity index (χ1n) is 7.56.